The molecule has 0 radical (unpaired) electrons. The maximum Gasteiger partial charge on any atom is 0.237 e. The number of hydrogen-bond acceptors (Lipinski definition) is 1. The molecule has 2 nitrogen and oxygen atoms in total. The normalized spacial score (nSPS) is 12.3. The fraction of sp³-hybridized carbons (Fsp3) is 0.364. The van der Waals surface area contributed by atoms with Crippen molar-refractivity contribution in [2.24, 2.45) is 0 Å². The quantitative estimate of drug-likeness (QED) is 0.783. The molecule has 0 aromatic heterocycles. The molecule has 1 aromatic rings. The first-order valence-corrected chi connectivity index (χ1v) is 5.96. The molecular weight excluding hydrogens is 277 g/mol. The van der Waals surface area contributed by atoms with Crippen LogP contribution in [0.4, 0.5) is 0 Å². The maximum atomic E-state index is 11.4. The minimum absolute atomic E-state index is 0.0252. The minimum Gasteiger partial charge on any atom is -0.338 e. The van der Waals surface area contributed by atoms with Gasteiger partial charge in [-0.3, -0.25) is 4.79 Å². The number of alkyl halides is 1. The maximum absolute atomic E-state index is 11.4. The molecule has 0 fully saturated rings. The molecule has 15 heavy (non-hydrogen) atoms. The fourth-order valence-electron chi connectivity index (χ4n) is 1.28. The molecule has 1 atom stereocenters. The van der Waals surface area contributed by atoms with E-state index in [0.717, 1.165) is 10.0 Å². The highest BCUT2D eigenvalue weighted by Gasteiger charge is 2.15. The average Bonchev–Trinajstić information content (AvgIpc) is 2.27. The summed E-state index contributed by atoms with van der Waals surface area (Å²) in [5, 5.41) is 0. The van der Waals surface area contributed by atoms with Crippen molar-refractivity contribution in [3.63, 3.8) is 0 Å². The molecule has 1 rings (SSSR count). The van der Waals surface area contributed by atoms with Gasteiger partial charge in [0.25, 0.3) is 0 Å². The molecule has 0 aliphatic rings. The van der Waals surface area contributed by atoms with Crippen LogP contribution in [0.15, 0.2) is 28.7 Å². The van der Waals surface area contributed by atoms with E-state index in [4.69, 9.17) is 11.6 Å². The number of rotatable bonds is 3. The summed E-state index contributed by atoms with van der Waals surface area (Å²) in [6, 6.07) is 7.96. The molecule has 0 aliphatic carbocycles. The van der Waals surface area contributed by atoms with Crippen molar-refractivity contribution in [3.8, 4) is 0 Å². The van der Waals surface area contributed by atoms with Gasteiger partial charge in [-0.25, -0.2) is 0 Å². The Morgan fingerprint density at radius 2 is 2.00 bits per heavy atom. The monoisotopic (exact) mass is 289 g/mol. The number of hydrogen-bond donors (Lipinski definition) is 0. The molecule has 1 aromatic carbocycles. The second-order valence-electron chi connectivity index (χ2n) is 3.37. The molecular formula is C11H13BrClNO. The first kappa shape index (κ1) is 12.5. The molecule has 0 heterocycles. The van der Waals surface area contributed by atoms with E-state index >= 15 is 0 Å². The lowest BCUT2D eigenvalue weighted by molar-refractivity contribution is -0.129. The highest BCUT2D eigenvalue weighted by Crippen LogP contribution is 2.21. The summed E-state index contributed by atoms with van der Waals surface area (Å²) >= 11 is 8.88. The van der Waals surface area contributed by atoms with Crippen LogP contribution in [0.25, 0.3) is 0 Å². The van der Waals surface area contributed by atoms with Gasteiger partial charge in [0.15, 0.2) is 0 Å². The molecule has 0 aliphatic heterocycles. The van der Waals surface area contributed by atoms with Gasteiger partial charge in [-0.2, -0.15) is 0 Å². The molecule has 1 amide bonds. The van der Waals surface area contributed by atoms with Crippen molar-refractivity contribution in [1.82, 2.24) is 4.90 Å². The van der Waals surface area contributed by atoms with E-state index in [1.165, 1.54) is 0 Å². The molecule has 82 valence electrons. The number of halogens is 2. The second kappa shape index (κ2) is 5.52. The van der Waals surface area contributed by atoms with Gasteiger partial charge < -0.3 is 4.90 Å². The zero-order chi connectivity index (χ0) is 11.4. The highest BCUT2D eigenvalue weighted by atomic mass is 79.9. The van der Waals surface area contributed by atoms with Crippen LogP contribution in [0.1, 0.15) is 18.5 Å². The number of carbonyl (C=O) groups is 1. The molecule has 0 bridgehead atoms. The van der Waals surface area contributed by atoms with E-state index in [-0.39, 0.29) is 17.8 Å². The van der Waals surface area contributed by atoms with Crippen LogP contribution in [0.5, 0.6) is 0 Å². The molecule has 0 unspecified atom stereocenters. The van der Waals surface area contributed by atoms with Crippen molar-refractivity contribution in [3.05, 3.63) is 34.3 Å². The van der Waals surface area contributed by atoms with Gasteiger partial charge in [0.1, 0.15) is 5.88 Å². The molecule has 4 heteroatoms. The predicted octanol–water partition coefficient (Wildman–Crippen LogP) is 3.21. The first-order valence-electron chi connectivity index (χ1n) is 4.63. The van der Waals surface area contributed by atoms with Crippen LogP contribution in [-0.4, -0.2) is 23.7 Å². The predicted molar refractivity (Wildman–Crippen MR) is 66.0 cm³/mol. The smallest absolute Gasteiger partial charge is 0.237 e. The van der Waals surface area contributed by atoms with Gasteiger partial charge in [-0.15, -0.1) is 11.6 Å². The van der Waals surface area contributed by atoms with Gasteiger partial charge in [0, 0.05) is 11.5 Å². The molecule has 0 spiro atoms. The fourth-order valence-corrected chi connectivity index (χ4v) is 1.73. The van der Waals surface area contributed by atoms with Crippen LogP contribution in [0, 0.1) is 0 Å². The van der Waals surface area contributed by atoms with E-state index in [0.29, 0.717) is 0 Å². The third kappa shape index (κ3) is 3.21. The largest absolute Gasteiger partial charge is 0.338 e. The van der Waals surface area contributed by atoms with Gasteiger partial charge >= 0.3 is 0 Å². The van der Waals surface area contributed by atoms with Crippen LogP contribution < -0.4 is 0 Å². The molecule has 0 N–H and O–H groups in total. The average molecular weight is 291 g/mol. The number of nitrogens with zero attached hydrogens (tertiary/aromatic N) is 1. The van der Waals surface area contributed by atoms with E-state index in [1.54, 1.807) is 11.9 Å². The van der Waals surface area contributed by atoms with Gasteiger partial charge in [0.2, 0.25) is 5.91 Å². The van der Waals surface area contributed by atoms with E-state index < -0.39 is 0 Å². The van der Waals surface area contributed by atoms with Crippen molar-refractivity contribution in [1.29, 1.82) is 0 Å². The Hall–Kier alpha value is -0.540. The lowest BCUT2D eigenvalue weighted by atomic mass is 10.1. The SMILES string of the molecule is C[C@H](c1ccc(Br)cc1)N(C)C(=O)CCl. The van der Waals surface area contributed by atoms with E-state index in [9.17, 15) is 4.79 Å². The summed E-state index contributed by atoms with van der Waals surface area (Å²) in [6.45, 7) is 1.98. The summed E-state index contributed by atoms with van der Waals surface area (Å²) in [5.74, 6) is -0.0377. The third-order valence-corrected chi connectivity index (χ3v) is 3.20. The Bertz CT molecular complexity index is 339. The summed E-state index contributed by atoms with van der Waals surface area (Å²) in [5.41, 5.74) is 1.10. The summed E-state index contributed by atoms with van der Waals surface area (Å²) in [6.07, 6.45) is 0. The lowest BCUT2D eigenvalue weighted by Crippen LogP contribution is -2.30. The number of benzene rings is 1. The van der Waals surface area contributed by atoms with Gasteiger partial charge in [-0.1, -0.05) is 28.1 Å². The van der Waals surface area contributed by atoms with E-state index in [1.807, 2.05) is 31.2 Å². The lowest BCUT2D eigenvalue weighted by Gasteiger charge is -2.24. The van der Waals surface area contributed by atoms with Crippen LogP contribution in [-0.2, 0) is 4.79 Å². The first-order chi connectivity index (χ1) is 7.06. The van der Waals surface area contributed by atoms with Crippen LogP contribution >= 0.6 is 27.5 Å². The Labute approximate surface area is 103 Å². The number of carbonyl (C=O) groups excluding carboxylic acids is 1. The summed E-state index contributed by atoms with van der Waals surface area (Å²) in [4.78, 5) is 13.0. The van der Waals surface area contributed by atoms with Crippen molar-refractivity contribution < 1.29 is 4.79 Å². The van der Waals surface area contributed by atoms with Gasteiger partial charge in [-0.05, 0) is 24.6 Å². The van der Waals surface area contributed by atoms with E-state index in [2.05, 4.69) is 15.9 Å². The highest BCUT2D eigenvalue weighted by molar-refractivity contribution is 9.10. The minimum atomic E-state index is -0.0629. The Balaban J connectivity index is 2.80. The van der Waals surface area contributed by atoms with Crippen molar-refractivity contribution >= 4 is 33.4 Å². The summed E-state index contributed by atoms with van der Waals surface area (Å²) in [7, 11) is 1.76. The Kier molecular flexibility index (Phi) is 4.61. The van der Waals surface area contributed by atoms with Crippen LogP contribution in [0.2, 0.25) is 0 Å². The standard InChI is InChI=1S/C11H13BrClNO/c1-8(14(2)11(15)7-13)9-3-5-10(12)6-4-9/h3-6,8H,7H2,1-2H3/t8-/m1/s1. The van der Waals surface area contributed by atoms with Gasteiger partial charge in [0.05, 0.1) is 6.04 Å². The second-order valence-corrected chi connectivity index (χ2v) is 4.55. The zero-order valence-electron chi connectivity index (χ0n) is 8.71. The zero-order valence-corrected chi connectivity index (χ0v) is 11.0. The molecule has 0 saturated carbocycles. The number of amides is 1. The van der Waals surface area contributed by atoms with Crippen molar-refractivity contribution in [2.45, 2.75) is 13.0 Å². The topological polar surface area (TPSA) is 20.3 Å². The third-order valence-electron chi connectivity index (χ3n) is 2.44. The summed E-state index contributed by atoms with van der Waals surface area (Å²) < 4.78 is 1.03. The molecule has 0 saturated heterocycles. The van der Waals surface area contributed by atoms with Crippen LogP contribution in [0.3, 0.4) is 0 Å². The Morgan fingerprint density at radius 1 is 1.47 bits per heavy atom. The van der Waals surface area contributed by atoms with Crippen molar-refractivity contribution in [2.75, 3.05) is 12.9 Å². The Morgan fingerprint density at radius 3 is 2.47 bits per heavy atom.